The first kappa shape index (κ1) is 29.3. The van der Waals surface area contributed by atoms with Crippen LogP contribution >= 0.6 is 45.2 Å². The van der Waals surface area contributed by atoms with Gasteiger partial charge >= 0.3 is 5.97 Å². The first-order valence-corrected chi connectivity index (χ1v) is 14.3. The molecule has 0 atom stereocenters. The number of carboxylic acids is 1. The molecule has 0 aliphatic carbocycles. The Morgan fingerprint density at radius 3 is 2.16 bits per heavy atom. The number of amides is 2. The Bertz CT molecular complexity index is 1350. The van der Waals surface area contributed by atoms with Gasteiger partial charge in [0, 0.05) is 40.3 Å². The van der Waals surface area contributed by atoms with Crippen LogP contribution < -0.4 is 15.4 Å². The summed E-state index contributed by atoms with van der Waals surface area (Å²) in [6.07, 6.45) is 1.66. The van der Waals surface area contributed by atoms with Crippen molar-refractivity contribution in [3.05, 3.63) is 82.5 Å². The Morgan fingerprint density at radius 1 is 0.947 bits per heavy atom. The molecule has 198 valence electrons. The number of nitrogens with one attached hydrogen (secondary N) is 3. The van der Waals surface area contributed by atoms with Crippen molar-refractivity contribution < 1.29 is 24.2 Å². The van der Waals surface area contributed by atoms with Crippen LogP contribution in [0.4, 0.5) is 11.5 Å². The molecule has 0 saturated carbocycles. The summed E-state index contributed by atoms with van der Waals surface area (Å²) >= 11 is 4.33. The van der Waals surface area contributed by atoms with Gasteiger partial charge < -0.3 is 25.4 Å². The highest BCUT2D eigenvalue weighted by atomic mass is 127. The van der Waals surface area contributed by atoms with Gasteiger partial charge in [-0.05, 0) is 41.5 Å². The fraction of sp³-hybridized carbons (Fsp3) is 0.192. The Kier molecular flexibility index (Phi) is 10.4. The van der Waals surface area contributed by atoms with E-state index >= 15 is 0 Å². The van der Waals surface area contributed by atoms with Gasteiger partial charge in [0.15, 0.2) is 6.61 Å². The normalized spacial score (nSPS) is 10.4. The molecule has 2 aromatic carbocycles. The molecule has 1 heterocycles. The highest BCUT2D eigenvalue weighted by Gasteiger charge is 2.22. The number of nitrogens with zero attached hydrogens (tertiary/aromatic N) is 2. The number of amidine groups is 1. The Labute approximate surface area is 247 Å². The second-order valence-corrected chi connectivity index (χ2v) is 9.77. The van der Waals surface area contributed by atoms with E-state index in [1.54, 1.807) is 67.7 Å². The predicted molar refractivity (Wildman–Crippen MR) is 162 cm³/mol. The lowest BCUT2D eigenvalue weighted by molar-refractivity contribution is -0.139. The minimum Gasteiger partial charge on any atom is -0.480 e. The maximum absolute atomic E-state index is 13.3. The summed E-state index contributed by atoms with van der Waals surface area (Å²) in [4.78, 5) is 43.6. The number of pyridine rings is 1. The number of benzene rings is 2. The van der Waals surface area contributed by atoms with Crippen molar-refractivity contribution in [2.24, 2.45) is 0 Å². The first-order valence-electron chi connectivity index (χ1n) is 11.2. The summed E-state index contributed by atoms with van der Waals surface area (Å²) < 4.78 is 6.76. The van der Waals surface area contributed by atoms with Crippen molar-refractivity contribution >= 4 is 80.3 Å². The van der Waals surface area contributed by atoms with Crippen molar-refractivity contribution in [2.45, 2.75) is 8.86 Å². The van der Waals surface area contributed by atoms with Crippen LogP contribution in [0.2, 0.25) is 0 Å². The molecule has 12 heteroatoms. The summed E-state index contributed by atoms with van der Waals surface area (Å²) in [6.45, 7) is -0.657. The van der Waals surface area contributed by atoms with E-state index in [1.165, 1.54) is 0 Å². The average molecular weight is 741 g/mol. The fourth-order valence-corrected chi connectivity index (χ4v) is 4.19. The van der Waals surface area contributed by atoms with Crippen molar-refractivity contribution in [2.75, 3.05) is 31.3 Å². The van der Waals surface area contributed by atoms with Crippen molar-refractivity contribution in [3.8, 4) is 5.75 Å². The van der Waals surface area contributed by atoms with Gasteiger partial charge in [0.25, 0.3) is 11.8 Å². The second-order valence-electron chi connectivity index (χ2n) is 8.25. The third-order valence-electron chi connectivity index (χ3n) is 5.24. The highest BCUT2D eigenvalue weighted by Crippen LogP contribution is 2.33. The van der Waals surface area contributed by atoms with Gasteiger partial charge in [-0.2, -0.15) is 0 Å². The van der Waals surface area contributed by atoms with Gasteiger partial charge in [0.2, 0.25) is 0 Å². The zero-order valence-corrected chi connectivity index (χ0v) is 24.9. The molecule has 0 unspecified atom stereocenters. The number of rotatable bonds is 10. The summed E-state index contributed by atoms with van der Waals surface area (Å²) in [5.74, 6) is -1.61. The molecular formula is C26H25I2N5O5. The van der Waals surface area contributed by atoms with Gasteiger partial charge in [-0.25, -0.2) is 9.78 Å². The van der Waals surface area contributed by atoms with E-state index in [1.807, 2.05) is 6.07 Å². The molecule has 0 saturated heterocycles. The van der Waals surface area contributed by atoms with Crippen LogP contribution in [0.25, 0.3) is 0 Å². The minimum atomic E-state index is -1.20. The number of carboxylic acid groups (broad SMARTS) is 1. The van der Waals surface area contributed by atoms with E-state index in [-0.39, 0.29) is 28.4 Å². The molecule has 3 rings (SSSR count). The lowest BCUT2D eigenvalue weighted by Crippen LogP contribution is -2.22. The summed E-state index contributed by atoms with van der Waals surface area (Å²) in [6, 6.07) is 13.2. The smallest absolute Gasteiger partial charge is 0.341 e. The number of halogens is 2. The molecule has 0 aliphatic rings. The Balaban J connectivity index is 1.98. The van der Waals surface area contributed by atoms with Crippen molar-refractivity contribution in [1.29, 1.82) is 5.41 Å². The van der Waals surface area contributed by atoms with E-state index in [2.05, 4.69) is 60.8 Å². The molecule has 0 spiro atoms. The Hall–Kier alpha value is -3.27. The minimum absolute atomic E-state index is 0.0383. The third-order valence-corrected chi connectivity index (χ3v) is 7.00. The maximum atomic E-state index is 13.3. The standard InChI is InChI=1S/C26H25I2N5O5/c1-33(2)24(29)17-4-6-18(7-5-17)25(36)32-23-19(9-16(12-28)10-20(23)38-14-22(34)35)26(37)31-21-8-3-15(11-27)13-30-21/h3-10,13,29H,11-12,14H2,1-2H3,(H,32,36)(H,34,35)(H,30,31,37). The van der Waals surface area contributed by atoms with Crippen LogP contribution in [0.15, 0.2) is 54.7 Å². The van der Waals surface area contributed by atoms with Crippen molar-refractivity contribution in [3.63, 3.8) is 0 Å². The molecule has 38 heavy (non-hydrogen) atoms. The largest absolute Gasteiger partial charge is 0.480 e. The molecule has 4 N–H and O–H groups in total. The van der Waals surface area contributed by atoms with Gasteiger partial charge in [-0.15, -0.1) is 0 Å². The lowest BCUT2D eigenvalue weighted by atomic mass is 10.1. The SMILES string of the molecule is CN(C)C(=N)c1ccc(C(=O)Nc2c(OCC(=O)O)cc(CI)cc2C(=O)Nc2ccc(CI)cn2)cc1. The maximum Gasteiger partial charge on any atom is 0.341 e. The molecule has 0 aliphatic heterocycles. The molecule has 0 radical (unpaired) electrons. The second kappa shape index (κ2) is 13.5. The van der Waals surface area contributed by atoms with E-state index < -0.39 is 24.4 Å². The summed E-state index contributed by atoms with van der Waals surface area (Å²) in [5.41, 5.74) is 2.75. The number of carbonyl (C=O) groups is 3. The monoisotopic (exact) mass is 741 g/mol. The zero-order chi connectivity index (χ0) is 27.8. The van der Waals surface area contributed by atoms with Gasteiger partial charge in [-0.1, -0.05) is 63.4 Å². The van der Waals surface area contributed by atoms with Gasteiger partial charge in [0.1, 0.15) is 17.4 Å². The van der Waals surface area contributed by atoms with E-state index in [4.69, 9.17) is 15.3 Å². The molecular weight excluding hydrogens is 716 g/mol. The summed E-state index contributed by atoms with van der Waals surface area (Å²) in [5, 5.41) is 22.7. The van der Waals surface area contributed by atoms with E-state index in [0.29, 0.717) is 21.4 Å². The topological polar surface area (TPSA) is 145 Å². The zero-order valence-electron chi connectivity index (χ0n) is 20.5. The van der Waals surface area contributed by atoms with Crippen LogP contribution in [0.5, 0.6) is 5.75 Å². The molecule has 3 aromatic rings. The first-order chi connectivity index (χ1) is 18.1. The number of hydrogen-bond acceptors (Lipinski definition) is 6. The predicted octanol–water partition coefficient (Wildman–Crippen LogP) is 4.81. The van der Waals surface area contributed by atoms with Crippen LogP contribution in [0.1, 0.15) is 37.4 Å². The quantitative estimate of drug-likeness (QED) is 0.101. The fourth-order valence-electron chi connectivity index (χ4n) is 3.30. The molecule has 1 aromatic heterocycles. The van der Waals surface area contributed by atoms with Crippen LogP contribution in [0.3, 0.4) is 0 Å². The van der Waals surface area contributed by atoms with E-state index in [9.17, 15) is 14.4 Å². The molecule has 0 bridgehead atoms. The van der Waals surface area contributed by atoms with Gasteiger partial charge in [-0.3, -0.25) is 15.0 Å². The molecule has 10 nitrogen and oxygen atoms in total. The number of ether oxygens (including phenoxy) is 1. The number of alkyl halides is 2. The number of anilines is 2. The number of aliphatic carboxylic acids is 1. The van der Waals surface area contributed by atoms with E-state index in [0.717, 1.165) is 9.99 Å². The molecule has 2 amide bonds. The average Bonchev–Trinajstić information content (AvgIpc) is 2.92. The lowest BCUT2D eigenvalue weighted by Gasteiger charge is -2.18. The Morgan fingerprint density at radius 2 is 1.61 bits per heavy atom. The van der Waals surface area contributed by atoms with Crippen LogP contribution in [-0.2, 0) is 13.6 Å². The molecule has 0 fully saturated rings. The third kappa shape index (κ3) is 7.63. The van der Waals surface area contributed by atoms with Crippen LogP contribution in [0, 0.1) is 5.41 Å². The van der Waals surface area contributed by atoms with Crippen LogP contribution in [-0.4, -0.2) is 59.3 Å². The van der Waals surface area contributed by atoms with Crippen molar-refractivity contribution in [1.82, 2.24) is 9.88 Å². The summed E-state index contributed by atoms with van der Waals surface area (Å²) in [7, 11) is 3.50. The number of aromatic nitrogens is 1. The number of hydrogen-bond donors (Lipinski definition) is 4. The van der Waals surface area contributed by atoms with Gasteiger partial charge in [0.05, 0.1) is 11.3 Å². The number of carbonyl (C=O) groups excluding carboxylic acids is 2. The highest BCUT2D eigenvalue weighted by molar-refractivity contribution is 14.1.